The van der Waals surface area contributed by atoms with Gasteiger partial charge in [0, 0.05) is 3.58 Å². The zero-order valence-corrected chi connectivity index (χ0v) is 6.76. The van der Waals surface area contributed by atoms with Crippen LogP contribution < -0.4 is 0 Å². The van der Waals surface area contributed by atoms with Crippen LogP contribution in [0, 0.1) is 0 Å². The third kappa shape index (κ3) is 4.33. The van der Waals surface area contributed by atoms with Gasteiger partial charge in [-0.1, -0.05) is 12.2 Å². The lowest BCUT2D eigenvalue weighted by Gasteiger charge is -1.86. The normalized spacial score (nSPS) is 11.5. The molecule has 0 aromatic heterocycles. The molecule has 1 nitrogen and oxygen atoms in total. The van der Waals surface area contributed by atoms with Crippen molar-refractivity contribution in [3.05, 3.63) is 22.3 Å². The van der Waals surface area contributed by atoms with Crippen molar-refractivity contribution in [1.82, 2.24) is 0 Å². The Labute approximate surface area is 63.2 Å². The fourth-order valence-corrected chi connectivity index (χ4v) is 0.530. The summed E-state index contributed by atoms with van der Waals surface area (Å²) >= 11 is 2.09. The summed E-state index contributed by atoms with van der Waals surface area (Å²) in [5, 5.41) is 8.45. The maximum atomic E-state index is 8.45. The highest BCUT2D eigenvalue weighted by Crippen LogP contribution is 2.04. The summed E-state index contributed by atoms with van der Waals surface area (Å²) in [6.07, 6.45) is 4.58. The second kappa shape index (κ2) is 5.31. The fraction of sp³-hybridized carbons (Fsp3) is 0.333. The highest BCUT2D eigenvalue weighted by molar-refractivity contribution is 14.1. The Kier molecular flexibility index (Phi) is 5.42. The maximum absolute atomic E-state index is 8.45. The summed E-state index contributed by atoms with van der Waals surface area (Å²) in [4.78, 5) is 0. The zero-order valence-electron chi connectivity index (χ0n) is 4.60. The van der Waals surface area contributed by atoms with Crippen molar-refractivity contribution in [1.29, 1.82) is 0 Å². The first kappa shape index (κ1) is 8.17. The van der Waals surface area contributed by atoms with Crippen LogP contribution in [-0.4, -0.2) is 11.7 Å². The second-order valence-corrected chi connectivity index (χ2v) is 2.72. The molecule has 0 radical (unpaired) electrons. The molecule has 0 aromatic carbocycles. The summed E-state index contributed by atoms with van der Waals surface area (Å²) in [6, 6.07) is 0. The van der Waals surface area contributed by atoms with Crippen LogP contribution in [0.4, 0.5) is 0 Å². The molecule has 0 aliphatic carbocycles. The lowest BCUT2D eigenvalue weighted by molar-refractivity contribution is 0.341. The first-order valence-corrected chi connectivity index (χ1v) is 3.45. The van der Waals surface area contributed by atoms with E-state index in [9.17, 15) is 0 Å². The van der Waals surface area contributed by atoms with E-state index in [4.69, 9.17) is 5.11 Å². The van der Waals surface area contributed by atoms with Crippen molar-refractivity contribution in [3.63, 3.8) is 0 Å². The first-order valence-electron chi connectivity index (χ1n) is 2.37. The van der Waals surface area contributed by atoms with Crippen LogP contribution in [-0.2, 0) is 0 Å². The molecular weight excluding hydrogens is 215 g/mol. The van der Waals surface area contributed by atoms with Gasteiger partial charge in [-0.15, -0.1) is 6.58 Å². The number of aliphatic hydroxyl groups excluding tert-OH is 1. The fourth-order valence-electron chi connectivity index (χ4n) is 0.276. The molecule has 0 amide bonds. The van der Waals surface area contributed by atoms with E-state index in [2.05, 4.69) is 29.2 Å². The molecule has 0 saturated carbocycles. The molecule has 0 atom stereocenters. The molecule has 0 rings (SSSR count). The summed E-state index contributed by atoms with van der Waals surface area (Å²) in [7, 11) is 0. The predicted octanol–water partition coefficient (Wildman–Crippen LogP) is 1.87. The van der Waals surface area contributed by atoms with E-state index >= 15 is 0 Å². The van der Waals surface area contributed by atoms with Gasteiger partial charge in [0.1, 0.15) is 0 Å². The Morgan fingerprint density at radius 2 is 2.38 bits per heavy atom. The lowest BCUT2D eigenvalue weighted by atomic mass is 10.4. The Hall–Kier alpha value is 0.170. The zero-order chi connectivity index (χ0) is 6.41. The van der Waals surface area contributed by atoms with Gasteiger partial charge in [0.2, 0.25) is 0 Å². The lowest BCUT2D eigenvalue weighted by Crippen LogP contribution is -1.77. The summed E-state index contributed by atoms with van der Waals surface area (Å²) in [5.41, 5.74) is 0. The van der Waals surface area contributed by atoms with E-state index in [0.717, 1.165) is 10.0 Å². The third-order valence-corrected chi connectivity index (χ3v) is 1.44. The monoisotopic (exact) mass is 224 g/mol. The maximum Gasteiger partial charge on any atom is 0.0735 e. The molecule has 0 fully saturated rings. The number of hydrogen-bond acceptors (Lipinski definition) is 1. The summed E-state index contributed by atoms with van der Waals surface area (Å²) < 4.78 is 0.975. The van der Waals surface area contributed by atoms with E-state index < -0.39 is 0 Å². The van der Waals surface area contributed by atoms with Crippen LogP contribution in [0.2, 0.25) is 0 Å². The highest BCUT2D eigenvalue weighted by Gasteiger charge is 1.81. The molecule has 0 spiro atoms. The molecule has 0 aliphatic rings. The van der Waals surface area contributed by atoms with Crippen LogP contribution in [0.5, 0.6) is 0 Å². The van der Waals surface area contributed by atoms with Crippen molar-refractivity contribution in [2.24, 2.45) is 0 Å². The Morgan fingerprint density at radius 1 is 1.75 bits per heavy atom. The standard InChI is InChI=1S/C6H9IO/c1-2-3-4-6(7)5-8/h2,4,8H,1,3,5H2. The number of hydrogen-bond donors (Lipinski definition) is 1. The topological polar surface area (TPSA) is 20.2 Å². The predicted molar refractivity (Wildman–Crippen MR) is 44.0 cm³/mol. The molecule has 0 aromatic rings. The van der Waals surface area contributed by atoms with Crippen molar-refractivity contribution < 1.29 is 5.11 Å². The van der Waals surface area contributed by atoms with Gasteiger partial charge in [-0.05, 0) is 29.0 Å². The van der Waals surface area contributed by atoms with Crippen molar-refractivity contribution in [2.75, 3.05) is 6.61 Å². The molecule has 0 unspecified atom stereocenters. The van der Waals surface area contributed by atoms with E-state index in [1.54, 1.807) is 6.08 Å². The van der Waals surface area contributed by atoms with Gasteiger partial charge in [-0.3, -0.25) is 0 Å². The molecular formula is C6H9IO. The first-order chi connectivity index (χ1) is 3.81. The minimum Gasteiger partial charge on any atom is -0.391 e. The Balaban J connectivity index is 3.40. The second-order valence-electron chi connectivity index (χ2n) is 1.33. The molecule has 0 heterocycles. The average molecular weight is 224 g/mol. The number of aliphatic hydroxyl groups is 1. The molecule has 1 N–H and O–H groups in total. The smallest absolute Gasteiger partial charge is 0.0735 e. The largest absolute Gasteiger partial charge is 0.391 e. The summed E-state index contributed by atoms with van der Waals surface area (Å²) in [5.74, 6) is 0. The summed E-state index contributed by atoms with van der Waals surface area (Å²) in [6.45, 7) is 3.68. The molecule has 0 saturated heterocycles. The third-order valence-electron chi connectivity index (χ3n) is 0.657. The van der Waals surface area contributed by atoms with Crippen molar-refractivity contribution in [3.8, 4) is 0 Å². The number of halogens is 1. The molecule has 2 heteroatoms. The van der Waals surface area contributed by atoms with Crippen LogP contribution in [0.1, 0.15) is 6.42 Å². The quantitative estimate of drug-likeness (QED) is 0.573. The van der Waals surface area contributed by atoms with E-state index in [-0.39, 0.29) is 6.61 Å². The molecule has 8 heavy (non-hydrogen) atoms. The molecule has 0 aliphatic heterocycles. The van der Waals surface area contributed by atoms with E-state index in [1.807, 2.05) is 6.08 Å². The van der Waals surface area contributed by atoms with Gasteiger partial charge >= 0.3 is 0 Å². The van der Waals surface area contributed by atoms with Crippen LogP contribution in [0.25, 0.3) is 0 Å². The van der Waals surface area contributed by atoms with Crippen molar-refractivity contribution >= 4 is 22.6 Å². The van der Waals surface area contributed by atoms with Crippen LogP contribution in [0.3, 0.4) is 0 Å². The Morgan fingerprint density at radius 3 is 2.75 bits per heavy atom. The van der Waals surface area contributed by atoms with Gasteiger partial charge in [0.15, 0.2) is 0 Å². The van der Waals surface area contributed by atoms with E-state index in [0.29, 0.717) is 0 Å². The van der Waals surface area contributed by atoms with Gasteiger partial charge in [-0.2, -0.15) is 0 Å². The molecule has 46 valence electrons. The van der Waals surface area contributed by atoms with E-state index in [1.165, 1.54) is 0 Å². The minimum atomic E-state index is 0.147. The minimum absolute atomic E-state index is 0.147. The SMILES string of the molecule is C=CCC=C(I)CO. The number of allylic oxidation sites excluding steroid dienone is 2. The molecule has 0 bridgehead atoms. The number of rotatable bonds is 3. The van der Waals surface area contributed by atoms with Gasteiger partial charge < -0.3 is 5.11 Å². The van der Waals surface area contributed by atoms with Crippen LogP contribution >= 0.6 is 22.6 Å². The van der Waals surface area contributed by atoms with Gasteiger partial charge in [0.05, 0.1) is 6.61 Å². The highest BCUT2D eigenvalue weighted by atomic mass is 127. The Bertz CT molecular complexity index is 96.7. The average Bonchev–Trinajstić information content (AvgIpc) is 1.83. The van der Waals surface area contributed by atoms with Gasteiger partial charge in [-0.25, -0.2) is 0 Å². The van der Waals surface area contributed by atoms with Crippen molar-refractivity contribution in [2.45, 2.75) is 6.42 Å². The van der Waals surface area contributed by atoms with Crippen LogP contribution in [0.15, 0.2) is 22.3 Å². The van der Waals surface area contributed by atoms with Gasteiger partial charge in [0.25, 0.3) is 0 Å².